The molecule has 0 aliphatic heterocycles. The summed E-state index contributed by atoms with van der Waals surface area (Å²) in [5, 5.41) is 7.34. The van der Waals surface area contributed by atoms with Crippen molar-refractivity contribution >= 4 is 5.91 Å². The largest absolute Gasteiger partial charge is 0.352 e. The first-order chi connectivity index (χ1) is 10.3. The molecule has 0 saturated heterocycles. The molecular weight excluding hydrogens is 262 g/mol. The van der Waals surface area contributed by atoms with Crippen molar-refractivity contribution in [3.8, 4) is 5.69 Å². The van der Waals surface area contributed by atoms with Gasteiger partial charge in [0.1, 0.15) is 0 Å². The van der Waals surface area contributed by atoms with Gasteiger partial charge in [-0.05, 0) is 31.4 Å². The van der Waals surface area contributed by atoms with E-state index in [1.807, 2.05) is 41.2 Å². The van der Waals surface area contributed by atoms with E-state index in [0.29, 0.717) is 6.54 Å². The predicted molar refractivity (Wildman–Crippen MR) is 81.9 cm³/mol. The Morgan fingerprint density at radius 2 is 2.14 bits per heavy atom. The van der Waals surface area contributed by atoms with Crippen molar-refractivity contribution in [2.75, 3.05) is 0 Å². The molecule has 4 nitrogen and oxygen atoms in total. The topological polar surface area (TPSA) is 46.9 Å². The lowest BCUT2D eigenvalue weighted by Crippen LogP contribution is -2.30. The first kappa shape index (κ1) is 13.6. The molecule has 1 unspecified atom stereocenters. The monoisotopic (exact) mass is 281 g/mol. The van der Waals surface area contributed by atoms with Gasteiger partial charge >= 0.3 is 0 Å². The highest BCUT2D eigenvalue weighted by molar-refractivity contribution is 5.78. The SMILES string of the molecule is O=C(NCc1cnn(-c2ccccc2)c1)C1CC=CCC1. The van der Waals surface area contributed by atoms with Crippen molar-refractivity contribution in [2.24, 2.45) is 5.92 Å². The smallest absolute Gasteiger partial charge is 0.223 e. The van der Waals surface area contributed by atoms with Crippen molar-refractivity contribution in [3.63, 3.8) is 0 Å². The Balaban J connectivity index is 1.58. The van der Waals surface area contributed by atoms with Crippen LogP contribution < -0.4 is 5.32 Å². The van der Waals surface area contributed by atoms with Gasteiger partial charge in [-0.3, -0.25) is 4.79 Å². The van der Waals surface area contributed by atoms with Gasteiger partial charge in [-0.1, -0.05) is 30.4 Å². The Morgan fingerprint density at radius 3 is 2.90 bits per heavy atom. The second-order valence-electron chi connectivity index (χ2n) is 5.33. The highest BCUT2D eigenvalue weighted by atomic mass is 16.1. The number of rotatable bonds is 4. The molecule has 108 valence electrons. The molecule has 0 saturated carbocycles. The number of carbonyl (C=O) groups is 1. The van der Waals surface area contributed by atoms with E-state index in [2.05, 4.69) is 22.6 Å². The summed E-state index contributed by atoms with van der Waals surface area (Å²) in [4.78, 5) is 12.1. The Kier molecular flexibility index (Phi) is 4.15. The highest BCUT2D eigenvalue weighted by Gasteiger charge is 2.18. The van der Waals surface area contributed by atoms with E-state index in [9.17, 15) is 4.79 Å². The van der Waals surface area contributed by atoms with E-state index in [1.165, 1.54) is 0 Å². The van der Waals surface area contributed by atoms with Gasteiger partial charge in [-0.15, -0.1) is 0 Å². The molecule has 4 heteroatoms. The maximum absolute atomic E-state index is 12.1. The van der Waals surface area contributed by atoms with Gasteiger partial charge in [0.25, 0.3) is 0 Å². The standard InChI is InChI=1S/C17H19N3O/c21-17(15-7-3-1-4-8-15)18-11-14-12-19-20(13-14)16-9-5-2-6-10-16/h1-3,5-6,9-10,12-13,15H,4,7-8,11H2,(H,18,21). The molecular formula is C17H19N3O. The van der Waals surface area contributed by atoms with E-state index in [1.54, 1.807) is 6.20 Å². The molecule has 3 rings (SSSR count). The van der Waals surface area contributed by atoms with Crippen LogP contribution in [0.25, 0.3) is 5.69 Å². The molecule has 1 amide bonds. The zero-order valence-corrected chi connectivity index (χ0v) is 11.9. The number of aromatic nitrogens is 2. The van der Waals surface area contributed by atoms with E-state index in [4.69, 9.17) is 0 Å². The fourth-order valence-electron chi connectivity index (χ4n) is 2.54. The molecule has 0 radical (unpaired) electrons. The average Bonchev–Trinajstić information content (AvgIpc) is 3.03. The molecule has 2 aromatic rings. The third-order valence-corrected chi connectivity index (χ3v) is 3.76. The minimum Gasteiger partial charge on any atom is -0.352 e. The van der Waals surface area contributed by atoms with Gasteiger partial charge in [0.2, 0.25) is 5.91 Å². The molecule has 1 aromatic heterocycles. The average molecular weight is 281 g/mol. The molecule has 0 bridgehead atoms. The van der Waals surface area contributed by atoms with E-state index >= 15 is 0 Å². The molecule has 1 N–H and O–H groups in total. The molecule has 1 atom stereocenters. The Morgan fingerprint density at radius 1 is 1.29 bits per heavy atom. The Labute approximate surface area is 124 Å². The first-order valence-corrected chi connectivity index (χ1v) is 7.34. The first-order valence-electron chi connectivity index (χ1n) is 7.34. The molecule has 0 fully saturated rings. The van der Waals surface area contributed by atoms with Crippen molar-refractivity contribution in [1.82, 2.24) is 15.1 Å². The summed E-state index contributed by atoms with van der Waals surface area (Å²) < 4.78 is 1.82. The van der Waals surface area contributed by atoms with Crippen molar-refractivity contribution in [2.45, 2.75) is 25.8 Å². The summed E-state index contributed by atoms with van der Waals surface area (Å²) in [6.07, 6.45) is 10.8. The van der Waals surface area contributed by atoms with Crippen molar-refractivity contribution in [1.29, 1.82) is 0 Å². The second kappa shape index (κ2) is 6.39. The maximum atomic E-state index is 12.1. The van der Waals surface area contributed by atoms with Crippen LogP contribution in [0.15, 0.2) is 54.9 Å². The quantitative estimate of drug-likeness (QED) is 0.876. The van der Waals surface area contributed by atoms with E-state index in [-0.39, 0.29) is 11.8 Å². The summed E-state index contributed by atoms with van der Waals surface area (Å²) >= 11 is 0. The number of benzene rings is 1. The summed E-state index contributed by atoms with van der Waals surface area (Å²) in [6.45, 7) is 0.534. The number of para-hydroxylation sites is 1. The van der Waals surface area contributed by atoms with Gasteiger partial charge in [0, 0.05) is 24.2 Å². The third kappa shape index (κ3) is 3.40. The number of nitrogens with one attached hydrogen (secondary N) is 1. The lowest BCUT2D eigenvalue weighted by Gasteiger charge is -2.16. The number of hydrogen-bond acceptors (Lipinski definition) is 2. The minimum absolute atomic E-state index is 0.124. The third-order valence-electron chi connectivity index (χ3n) is 3.76. The van der Waals surface area contributed by atoms with Crippen LogP contribution in [0.1, 0.15) is 24.8 Å². The zero-order valence-electron chi connectivity index (χ0n) is 11.9. The van der Waals surface area contributed by atoms with Gasteiger partial charge in [-0.25, -0.2) is 4.68 Å². The fraction of sp³-hybridized carbons (Fsp3) is 0.294. The predicted octanol–water partition coefficient (Wildman–Crippen LogP) is 2.84. The van der Waals surface area contributed by atoms with Gasteiger partial charge in [-0.2, -0.15) is 5.10 Å². The lowest BCUT2D eigenvalue weighted by atomic mass is 9.94. The summed E-state index contributed by atoms with van der Waals surface area (Å²) in [7, 11) is 0. The number of nitrogens with zero attached hydrogens (tertiary/aromatic N) is 2. The van der Waals surface area contributed by atoms with Crippen LogP contribution >= 0.6 is 0 Å². The normalized spacial score (nSPS) is 17.6. The number of amides is 1. The Bertz CT molecular complexity index is 630. The van der Waals surface area contributed by atoms with Gasteiger partial charge in [0.05, 0.1) is 11.9 Å². The zero-order chi connectivity index (χ0) is 14.5. The lowest BCUT2D eigenvalue weighted by molar-refractivity contribution is -0.125. The molecule has 1 heterocycles. The minimum atomic E-state index is 0.124. The molecule has 0 spiro atoms. The van der Waals surface area contributed by atoms with Crippen LogP contribution in [0, 0.1) is 5.92 Å². The summed E-state index contributed by atoms with van der Waals surface area (Å²) in [5.74, 6) is 0.269. The van der Waals surface area contributed by atoms with E-state index < -0.39 is 0 Å². The summed E-state index contributed by atoms with van der Waals surface area (Å²) in [6, 6.07) is 9.95. The summed E-state index contributed by atoms with van der Waals surface area (Å²) in [5.41, 5.74) is 2.03. The van der Waals surface area contributed by atoms with Crippen LogP contribution in [-0.4, -0.2) is 15.7 Å². The number of carbonyl (C=O) groups excluding carboxylic acids is 1. The van der Waals surface area contributed by atoms with Gasteiger partial charge < -0.3 is 5.32 Å². The molecule has 1 aliphatic rings. The van der Waals surface area contributed by atoms with Crippen LogP contribution in [0.2, 0.25) is 0 Å². The maximum Gasteiger partial charge on any atom is 0.223 e. The molecule has 1 aromatic carbocycles. The Hall–Kier alpha value is -2.36. The van der Waals surface area contributed by atoms with Crippen LogP contribution in [0.5, 0.6) is 0 Å². The van der Waals surface area contributed by atoms with E-state index in [0.717, 1.165) is 30.5 Å². The van der Waals surface area contributed by atoms with Crippen molar-refractivity contribution < 1.29 is 4.79 Å². The fourth-order valence-corrected chi connectivity index (χ4v) is 2.54. The van der Waals surface area contributed by atoms with Crippen LogP contribution in [0.3, 0.4) is 0 Å². The number of hydrogen-bond donors (Lipinski definition) is 1. The van der Waals surface area contributed by atoms with Crippen LogP contribution in [0.4, 0.5) is 0 Å². The molecule has 1 aliphatic carbocycles. The van der Waals surface area contributed by atoms with Gasteiger partial charge in [0.15, 0.2) is 0 Å². The highest BCUT2D eigenvalue weighted by Crippen LogP contribution is 2.18. The second-order valence-corrected chi connectivity index (χ2v) is 5.33. The van der Waals surface area contributed by atoms with Crippen LogP contribution in [-0.2, 0) is 11.3 Å². The van der Waals surface area contributed by atoms with Crippen molar-refractivity contribution in [3.05, 3.63) is 60.4 Å². The number of allylic oxidation sites excluding steroid dienone is 2. The molecule has 21 heavy (non-hydrogen) atoms.